The number of halogens is 1. The Kier molecular flexibility index (Phi) is 4.82. The normalized spacial score (nSPS) is 15.6. The molecule has 1 heterocycles. The zero-order valence-electron chi connectivity index (χ0n) is 11.0. The minimum atomic E-state index is -3.62. The van der Waals surface area contributed by atoms with Gasteiger partial charge in [0.05, 0.1) is 11.6 Å². The summed E-state index contributed by atoms with van der Waals surface area (Å²) in [6.45, 7) is 0.664. The van der Waals surface area contributed by atoms with Crippen LogP contribution in [0, 0.1) is 0 Å². The number of nitrogen functional groups attached to an aromatic ring is 1. The van der Waals surface area contributed by atoms with Crippen molar-refractivity contribution in [3.63, 3.8) is 0 Å². The number of nitrogens with zero attached hydrogens (tertiary/aromatic N) is 2. The molecule has 112 valence electrons. The van der Waals surface area contributed by atoms with E-state index in [0.29, 0.717) is 13.2 Å². The molecule has 1 saturated carbocycles. The van der Waals surface area contributed by atoms with Crippen molar-refractivity contribution in [3.8, 4) is 0 Å². The average Bonchev–Trinajstić information content (AvgIpc) is 3.23. The van der Waals surface area contributed by atoms with Crippen LogP contribution >= 0.6 is 11.6 Å². The molecule has 1 aromatic heterocycles. The van der Waals surface area contributed by atoms with Crippen LogP contribution in [0.3, 0.4) is 0 Å². The molecule has 20 heavy (non-hydrogen) atoms. The van der Waals surface area contributed by atoms with E-state index in [9.17, 15) is 8.42 Å². The van der Waals surface area contributed by atoms with E-state index >= 15 is 0 Å². The number of rotatable bonds is 7. The quantitative estimate of drug-likeness (QED) is 0.570. The van der Waals surface area contributed by atoms with Gasteiger partial charge >= 0.3 is 0 Å². The Morgan fingerprint density at radius 1 is 1.60 bits per heavy atom. The first kappa shape index (κ1) is 15.5. The molecule has 3 N–H and O–H groups in total. The Morgan fingerprint density at radius 3 is 2.80 bits per heavy atom. The number of hydrogen-bond donors (Lipinski definition) is 2. The van der Waals surface area contributed by atoms with Gasteiger partial charge in [-0.2, -0.15) is 4.31 Å². The highest BCUT2D eigenvalue weighted by molar-refractivity contribution is 7.89. The van der Waals surface area contributed by atoms with Gasteiger partial charge in [-0.3, -0.25) is 0 Å². The topological polar surface area (TPSA) is 97.5 Å². The van der Waals surface area contributed by atoms with Crippen LogP contribution in [0.4, 0.5) is 5.82 Å². The molecule has 1 fully saturated rings. The van der Waals surface area contributed by atoms with Crippen LogP contribution in [0.2, 0.25) is 5.02 Å². The minimum absolute atomic E-state index is 0.0428. The fraction of sp³-hybridized carbons (Fsp3) is 0.545. The van der Waals surface area contributed by atoms with Crippen LogP contribution < -0.4 is 11.3 Å². The van der Waals surface area contributed by atoms with Crippen molar-refractivity contribution in [2.24, 2.45) is 5.84 Å². The predicted octanol–water partition coefficient (Wildman–Crippen LogP) is 0.820. The summed E-state index contributed by atoms with van der Waals surface area (Å²) in [4.78, 5) is 3.96. The summed E-state index contributed by atoms with van der Waals surface area (Å²) in [5.41, 5.74) is 2.30. The maximum absolute atomic E-state index is 12.6. The van der Waals surface area contributed by atoms with E-state index in [1.807, 2.05) is 0 Å². The Balaban J connectivity index is 2.29. The lowest BCUT2D eigenvalue weighted by atomic mass is 10.5. The van der Waals surface area contributed by atoms with E-state index < -0.39 is 10.0 Å². The number of methoxy groups -OCH3 is 1. The second-order valence-electron chi connectivity index (χ2n) is 4.49. The largest absolute Gasteiger partial charge is 0.383 e. The second-order valence-corrected chi connectivity index (χ2v) is 6.78. The van der Waals surface area contributed by atoms with Gasteiger partial charge in [-0.25, -0.2) is 19.2 Å². The van der Waals surface area contributed by atoms with Gasteiger partial charge in [0.15, 0.2) is 5.82 Å². The van der Waals surface area contributed by atoms with Crippen molar-refractivity contribution in [2.75, 3.05) is 25.7 Å². The first-order valence-electron chi connectivity index (χ1n) is 6.13. The Bertz CT molecular complexity index is 577. The van der Waals surface area contributed by atoms with E-state index in [1.165, 1.54) is 23.7 Å². The lowest BCUT2D eigenvalue weighted by Gasteiger charge is -2.21. The summed E-state index contributed by atoms with van der Waals surface area (Å²) in [6.07, 6.45) is 2.98. The third kappa shape index (κ3) is 3.21. The summed E-state index contributed by atoms with van der Waals surface area (Å²) in [5, 5.41) is 0.163. The van der Waals surface area contributed by atoms with Crippen LogP contribution in [0.5, 0.6) is 0 Å². The average molecular weight is 321 g/mol. The number of ether oxygens (including phenoxy) is 1. The summed E-state index contributed by atoms with van der Waals surface area (Å²) in [7, 11) is -2.08. The van der Waals surface area contributed by atoms with E-state index in [-0.39, 0.29) is 21.8 Å². The van der Waals surface area contributed by atoms with E-state index in [4.69, 9.17) is 22.2 Å². The molecule has 7 nitrogen and oxygen atoms in total. The molecule has 1 aliphatic carbocycles. The minimum Gasteiger partial charge on any atom is -0.383 e. The van der Waals surface area contributed by atoms with Crippen molar-refractivity contribution < 1.29 is 13.2 Å². The van der Waals surface area contributed by atoms with Gasteiger partial charge in [-0.1, -0.05) is 11.6 Å². The van der Waals surface area contributed by atoms with E-state index in [1.54, 1.807) is 0 Å². The van der Waals surface area contributed by atoms with Gasteiger partial charge in [0.1, 0.15) is 4.90 Å². The lowest BCUT2D eigenvalue weighted by molar-refractivity contribution is 0.177. The second kappa shape index (κ2) is 6.23. The highest BCUT2D eigenvalue weighted by atomic mass is 35.5. The Morgan fingerprint density at radius 2 is 2.30 bits per heavy atom. The van der Waals surface area contributed by atoms with Gasteiger partial charge in [0.2, 0.25) is 10.0 Å². The zero-order chi connectivity index (χ0) is 14.8. The molecule has 0 bridgehead atoms. The Hall–Kier alpha value is -0.930. The molecule has 0 unspecified atom stereocenters. The SMILES string of the molecule is COCCN(C1CC1)S(=O)(=O)c1cnc(NN)c(Cl)c1. The monoisotopic (exact) mass is 320 g/mol. The lowest BCUT2D eigenvalue weighted by Crippen LogP contribution is -2.35. The summed E-state index contributed by atoms with van der Waals surface area (Å²) in [5.74, 6) is 5.46. The fourth-order valence-electron chi connectivity index (χ4n) is 1.85. The van der Waals surface area contributed by atoms with Crippen LogP contribution in [0.25, 0.3) is 0 Å². The summed E-state index contributed by atoms with van der Waals surface area (Å²) in [6, 6.07) is 1.39. The smallest absolute Gasteiger partial charge is 0.244 e. The number of anilines is 1. The number of hydrogen-bond acceptors (Lipinski definition) is 6. The van der Waals surface area contributed by atoms with E-state index in [0.717, 1.165) is 12.8 Å². The van der Waals surface area contributed by atoms with E-state index in [2.05, 4.69) is 10.4 Å². The highest BCUT2D eigenvalue weighted by Gasteiger charge is 2.38. The van der Waals surface area contributed by atoms with Gasteiger partial charge in [0, 0.05) is 25.9 Å². The number of sulfonamides is 1. The number of pyridine rings is 1. The first-order valence-corrected chi connectivity index (χ1v) is 7.95. The van der Waals surface area contributed by atoms with Crippen molar-refractivity contribution in [1.82, 2.24) is 9.29 Å². The van der Waals surface area contributed by atoms with Crippen LogP contribution in [0.15, 0.2) is 17.2 Å². The van der Waals surface area contributed by atoms with Gasteiger partial charge < -0.3 is 10.2 Å². The van der Waals surface area contributed by atoms with Crippen LogP contribution in [-0.4, -0.2) is 44.0 Å². The summed E-state index contributed by atoms with van der Waals surface area (Å²) < 4.78 is 31.6. The standard InChI is InChI=1S/C11H17ClN4O3S/c1-19-5-4-16(8-2-3-8)20(17,18)9-6-10(12)11(15-13)14-7-9/h6-8H,2-5,13H2,1H3,(H,14,15). The molecule has 0 saturated heterocycles. The third-order valence-electron chi connectivity index (χ3n) is 3.03. The predicted molar refractivity (Wildman–Crippen MR) is 75.8 cm³/mol. The molecular weight excluding hydrogens is 304 g/mol. The molecule has 0 radical (unpaired) electrons. The molecule has 2 rings (SSSR count). The number of nitrogens with one attached hydrogen (secondary N) is 1. The van der Waals surface area contributed by atoms with Crippen molar-refractivity contribution in [1.29, 1.82) is 0 Å². The fourth-order valence-corrected chi connectivity index (χ4v) is 3.77. The molecule has 0 aromatic carbocycles. The maximum Gasteiger partial charge on any atom is 0.244 e. The highest BCUT2D eigenvalue weighted by Crippen LogP contribution is 2.32. The third-order valence-corrected chi connectivity index (χ3v) is 5.23. The van der Waals surface area contributed by atoms with Gasteiger partial charge in [0.25, 0.3) is 0 Å². The molecule has 0 atom stereocenters. The molecule has 1 aromatic rings. The molecular formula is C11H17ClN4O3S. The van der Waals surface area contributed by atoms with Crippen molar-refractivity contribution in [2.45, 2.75) is 23.8 Å². The van der Waals surface area contributed by atoms with Gasteiger partial charge in [-0.05, 0) is 18.9 Å². The number of nitrogens with two attached hydrogens (primary N) is 1. The number of aromatic nitrogens is 1. The molecule has 9 heteroatoms. The Labute approximate surface area is 123 Å². The zero-order valence-corrected chi connectivity index (χ0v) is 12.6. The first-order chi connectivity index (χ1) is 9.50. The molecule has 0 amide bonds. The molecule has 0 spiro atoms. The number of hydrazine groups is 1. The van der Waals surface area contributed by atoms with Crippen LogP contribution in [-0.2, 0) is 14.8 Å². The van der Waals surface area contributed by atoms with Crippen molar-refractivity contribution in [3.05, 3.63) is 17.3 Å². The van der Waals surface area contributed by atoms with Crippen molar-refractivity contribution >= 4 is 27.4 Å². The molecule has 1 aliphatic rings. The maximum atomic E-state index is 12.6. The summed E-state index contributed by atoms with van der Waals surface area (Å²) >= 11 is 5.93. The molecule has 0 aliphatic heterocycles. The van der Waals surface area contributed by atoms with Crippen LogP contribution in [0.1, 0.15) is 12.8 Å². The van der Waals surface area contributed by atoms with Gasteiger partial charge in [-0.15, -0.1) is 0 Å².